The molecule has 5 nitrogen and oxygen atoms in total. The molecular weight excluding hydrogens is 382 g/mol. The maximum absolute atomic E-state index is 5.81. The lowest BCUT2D eigenvalue weighted by molar-refractivity contribution is 0.0358. The standard InChI is InChI=1S/C23H31N3O2S/c1-18-8-9-21(16-19(18)2)24-23(29)26(11-10-25-12-14-28-15-13-25)17-20-6-4-5-7-22(20)27-3/h4-9,16H,10-15,17H2,1-3H3,(H,24,29). The van der Waals surface area contributed by atoms with Crippen molar-refractivity contribution >= 4 is 23.0 Å². The molecule has 0 spiro atoms. The monoisotopic (exact) mass is 413 g/mol. The first kappa shape index (κ1) is 21.6. The van der Waals surface area contributed by atoms with Crippen molar-refractivity contribution in [3.8, 4) is 5.75 Å². The zero-order valence-electron chi connectivity index (χ0n) is 17.6. The summed E-state index contributed by atoms with van der Waals surface area (Å²) in [5.41, 5.74) is 4.68. The highest BCUT2D eigenvalue weighted by Gasteiger charge is 2.17. The van der Waals surface area contributed by atoms with Crippen LogP contribution in [0.2, 0.25) is 0 Å². The predicted octanol–water partition coefficient (Wildman–Crippen LogP) is 3.84. The van der Waals surface area contributed by atoms with Crippen molar-refractivity contribution < 1.29 is 9.47 Å². The van der Waals surface area contributed by atoms with E-state index in [9.17, 15) is 0 Å². The van der Waals surface area contributed by atoms with Crippen molar-refractivity contribution in [1.82, 2.24) is 9.80 Å². The Balaban J connectivity index is 1.72. The maximum atomic E-state index is 5.81. The molecule has 0 saturated carbocycles. The van der Waals surface area contributed by atoms with Crippen LogP contribution in [0.1, 0.15) is 16.7 Å². The molecule has 1 N–H and O–H groups in total. The number of aryl methyl sites for hydroxylation is 2. The van der Waals surface area contributed by atoms with Crippen LogP contribution in [0, 0.1) is 13.8 Å². The Hall–Kier alpha value is -2.15. The number of benzene rings is 2. The van der Waals surface area contributed by atoms with Gasteiger partial charge in [0.15, 0.2) is 5.11 Å². The van der Waals surface area contributed by atoms with Crippen LogP contribution in [0.5, 0.6) is 5.75 Å². The molecule has 0 bridgehead atoms. The number of rotatable bonds is 7. The van der Waals surface area contributed by atoms with E-state index in [0.717, 1.165) is 61.5 Å². The molecule has 2 aromatic carbocycles. The summed E-state index contributed by atoms with van der Waals surface area (Å²) >= 11 is 5.81. The molecule has 0 amide bonds. The quantitative estimate of drug-likeness (QED) is 0.695. The van der Waals surface area contributed by atoms with Gasteiger partial charge in [-0.15, -0.1) is 0 Å². The SMILES string of the molecule is COc1ccccc1CN(CCN1CCOCC1)C(=S)Nc1ccc(C)c(C)c1. The molecule has 0 radical (unpaired) electrons. The number of hydrogen-bond acceptors (Lipinski definition) is 4. The second-order valence-corrected chi connectivity index (χ2v) is 7.80. The van der Waals surface area contributed by atoms with Gasteiger partial charge in [0.1, 0.15) is 5.75 Å². The van der Waals surface area contributed by atoms with Crippen LogP contribution in [0.4, 0.5) is 5.69 Å². The summed E-state index contributed by atoms with van der Waals surface area (Å²) in [6, 6.07) is 14.5. The number of morpholine rings is 1. The number of nitrogens with zero attached hydrogens (tertiary/aromatic N) is 2. The highest BCUT2D eigenvalue weighted by molar-refractivity contribution is 7.80. The Kier molecular flexibility index (Phi) is 7.86. The summed E-state index contributed by atoms with van der Waals surface area (Å²) in [5.74, 6) is 0.887. The van der Waals surface area contributed by atoms with Crippen LogP contribution in [0.25, 0.3) is 0 Å². The van der Waals surface area contributed by atoms with Gasteiger partial charge in [-0.25, -0.2) is 0 Å². The van der Waals surface area contributed by atoms with E-state index in [2.05, 4.69) is 53.2 Å². The number of methoxy groups -OCH3 is 1. The number of nitrogens with one attached hydrogen (secondary N) is 1. The zero-order valence-corrected chi connectivity index (χ0v) is 18.4. The Morgan fingerprint density at radius 1 is 1.14 bits per heavy atom. The van der Waals surface area contributed by atoms with Crippen molar-refractivity contribution in [2.45, 2.75) is 20.4 Å². The van der Waals surface area contributed by atoms with E-state index in [1.165, 1.54) is 11.1 Å². The van der Waals surface area contributed by atoms with Gasteiger partial charge in [-0.3, -0.25) is 4.90 Å². The smallest absolute Gasteiger partial charge is 0.173 e. The van der Waals surface area contributed by atoms with E-state index >= 15 is 0 Å². The first-order valence-corrected chi connectivity index (χ1v) is 10.5. The van der Waals surface area contributed by atoms with Crippen LogP contribution in [-0.2, 0) is 11.3 Å². The molecule has 29 heavy (non-hydrogen) atoms. The number of para-hydroxylation sites is 1. The maximum Gasteiger partial charge on any atom is 0.173 e. The summed E-state index contributed by atoms with van der Waals surface area (Å²) in [4.78, 5) is 4.65. The number of anilines is 1. The second kappa shape index (κ2) is 10.6. The largest absolute Gasteiger partial charge is 0.496 e. The summed E-state index contributed by atoms with van der Waals surface area (Å²) in [6.45, 7) is 10.3. The Morgan fingerprint density at radius 2 is 1.90 bits per heavy atom. The van der Waals surface area contributed by atoms with E-state index in [1.807, 2.05) is 18.2 Å². The van der Waals surface area contributed by atoms with E-state index < -0.39 is 0 Å². The molecule has 2 aromatic rings. The minimum absolute atomic E-state index is 0.699. The van der Waals surface area contributed by atoms with Crippen LogP contribution in [-0.4, -0.2) is 61.4 Å². The highest BCUT2D eigenvalue weighted by atomic mass is 32.1. The minimum Gasteiger partial charge on any atom is -0.496 e. The molecular formula is C23H31N3O2S. The van der Waals surface area contributed by atoms with Gasteiger partial charge in [-0.2, -0.15) is 0 Å². The number of thiocarbonyl (C=S) groups is 1. The molecule has 1 heterocycles. The van der Waals surface area contributed by atoms with Gasteiger partial charge in [0.05, 0.1) is 20.3 Å². The molecule has 0 aromatic heterocycles. The lowest BCUT2D eigenvalue weighted by atomic mass is 10.1. The Morgan fingerprint density at radius 3 is 2.62 bits per heavy atom. The summed E-state index contributed by atoms with van der Waals surface area (Å²) in [7, 11) is 1.71. The van der Waals surface area contributed by atoms with Gasteiger partial charge in [-0.1, -0.05) is 24.3 Å². The van der Waals surface area contributed by atoms with Gasteiger partial charge < -0.3 is 19.7 Å². The molecule has 0 unspecified atom stereocenters. The zero-order chi connectivity index (χ0) is 20.6. The highest BCUT2D eigenvalue weighted by Crippen LogP contribution is 2.21. The molecule has 1 aliphatic rings. The Labute approximate surface area is 179 Å². The average Bonchev–Trinajstić information content (AvgIpc) is 2.74. The fourth-order valence-corrected chi connectivity index (χ4v) is 3.67. The van der Waals surface area contributed by atoms with Crippen LogP contribution in [0.15, 0.2) is 42.5 Å². The van der Waals surface area contributed by atoms with Crippen LogP contribution >= 0.6 is 12.2 Å². The van der Waals surface area contributed by atoms with Gasteiger partial charge in [0.2, 0.25) is 0 Å². The summed E-state index contributed by atoms with van der Waals surface area (Å²) in [5, 5.41) is 4.16. The fraction of sp³-hybridized carbons (Fsp3) is 0.435. The summed E-state index contributed by atoms with van der Waals surface area (Å²) in [6.07, 6.45) is 0. The van der Waals surface area contributed by atoms with E-state index in [-0.39, 0.29) is 0 Å². The third kappa shape index (κ3) is 6.16. The second-order valence-electron chi connectivity index (χ2n) is 7.42. The molecule has 0 aliphatic carbocycles. The molecule has 1 aliphatic heterocycles. The lowest BCUT2D eigenvalue weighted by Crippen LogP contribution is -2.44. The van der Waals surface area contributed by atoms with Crippen LogP contribution in [0.3, 0.4) is 0 Å². The number of hydrogen-bond donors (Lipinski definition) is 1. The van der Waals surface area contributed by atoms with Gasteiger partial charge in [0.25, 0.3) is 0 Å². The fourth-order valence-electron chi connectivity index (χ4n) is 3.40. The molecule has 3 rings (SSSR count). The van der Waals surface area contributed by atoms with E-state index in [0.29, 0.717) is 6.54 Å². The lowest BCUT2D eigenvalue weighted by Gasteiger charge is -2.32. The summed E-state index contributed by atoms with van der Waals surface area (Å²) < 4.78 is 11.0. The average molecular weight is 414 g/mol. The normalized spacial score (nSPS) is 14.4. The molecule has 0 atom stereocenters. The van der Waals surface area contributed by atoms with Crippen molar-refractivity contribution in [2.24, 2.45) is 0 Å². The van der Waals surface area contributed by atoms with Crippen molar-refractivity contribution in [3.05, 3.63) is 59.2 Å². The molecule has 6 heteroatoms. The van der Waals surface area contributed by atoms with E-state index in [1.54, 1.807) is 7.11 Å². The van der Waals surface area contributed by atoms with Gasteiger partial charge >= 0.3 is 0 Å². The first-order valence-electron chi connectivity index (χ1n) is 10.1. The molecule has 1 fully saturated rings. The van der Waals surface area contributed by atoms with Crippen LogP contribution < -0.4 is 10.1 Å². The van der Waals surface area contributed by atoms with Gasteiger partial charge in [-0.05, 0) is 55.4 Å². The minimum atomic E-state index is 0.699. The number of ether oxygens (including phenoxy) is 2. The van der Waals surface area contributed by atoms with Crippen molar-refractivity contribution in [1.29, 1.82) is 0 Å². The molecule has 156 valence electrons. The van der Waals surface area contributed by atoms with Gasteiger partial charge in [0, 0.05) is 44.0 Å². The third-order valence-electron chi connectivity index (χ3n) is 5.39. The topological polar surface area (TPSA) is 37.0 Å². The third-order valence-corrected chi connectivity index (χ3v) is 5.75. The first-order chi connectivity index (χ1) is 14.1. The Bertz CT molecular complexity index is 822. The van der Waals surface area contributed by atoms with E-state index in [4.69, 9.17) is 21.7 Å². The molecule has 1 saturated heterocycles. The van der Waals surface area contributed by atoms with Crippen molar-refractivity contribution in [3.63, 3.8) is 0 Å². The predicted molar refractivity (Wildman–Crippen MR) is 123 cm³/mol. The van der Waals surface area contributed by atoms with Crippen molar-refractivity contribution in [2.75, 3.05) is 51.8 Å².